The molecule has 0 unspecified atom stereocenters. The fourth-order valence-corrected chi connectivity index (χ4v) is 1.78. The lowest BCUT2D eigenvalue weighted by atomic mass is 10.1. The number of nitrogens with two attached hydrogens (primary N) is 1. The first kappa shape index (κ1) is 11.5. The molecule has 5 heteroatoms. The van der Waals surface area contributed by atoms with Gasteiger partial charge in [0.1, 0.15) is 11.6 Å². The lowest BCUT2D eigenvalue weighted by molar-refractivity contribution is 0.311. The van der Waals surface area contributed by atoms with Crippen LogP contribution in [0.4, 0.5) is 11.5 Å². The zero-order chi connectivity index (χ0) is 12.3. The molecule has 1 aromatic heterocycles. The van der Waals surface area contributed by atoms with Gasteiger partial charge in [0, 0.05) is 23.8 Å². The molecule has 5 nitrogen and oxygen atoms in total. The van der Waals surface area contributed by atoms with Gasteiger partial charge in [-0.1, -0.05) is 0 Å². The topological polar surface area (TPSA) is 80.4 Å². The number of fused-ring (bicyclic) bond motifs is 1. The number of pyridine rings is 1. The SMILES string of the molecule is COc1ccc(N)c2c(NCCO)nccc12. The molecule has 0 aliphatic carbocycles. The molecule has 1 heterocycles. The van der Waals surface area contributed by atoms with Gasteiger partial charge in [-0.3, -0.25) is 0 Å². The van der Waals surface area contributed by atoms with E-state index in [1.807, 2.05) is 12.1 Å². The molecule has 2 rings (SSSR count). The molecule has 0 amide bonds. The number of aromatic nitrogens is 1. The van der Waals surface area contributed by atoms with Gasteiger partial charge in [-0.2, -0.15) is 0 Å². The fourth-order valence-electron chi connectivity index (χ4n) is 1.78. The summed E-state index contributed by atoms with van der Waals surface area (Å²) in [7, 11) is 1.62. The first-order chi connectivity index (χ1) is 8.27. The second-order valence-electron chi connectivity index (χ2n) is 3.59. The predicted octanol–water partition coefficient (Wildman–Crippen LogP) is 1.23. The minimum Gasteiger partial charge on any atom is -0.496 e. The van der Waals surface area contributed by atoms with Gasteiger partial charge in [0.25, 0.3) is 0 Å². The van der Waals surface area contributed by atoms with Gasteiger partial charge in [-0.15, -0.1) is 0 Å². The van der Waals surface area contributed by atoms with E-state index in [0.29, 0.717) is 18.1 Å². The Balaban J connectivity index is 2.61. The highest BCUT2D eigenvalue weighted by Gasteiger charge is 2.09. The maximum Gasteiger partial charge on any atom is 0.136 e. The van der Waals surface area contributed by atoms with Crippen molar-refractivity contribution in [3.63, 3.8) is 0 Å². The molecule has 0 spiro atoms. The number of hydrogen-bond acceptors (Lipinski definition) is 5. The Morgan fingerprint density at radius 2 is 2.24 bits per heavy atom. The van der Waals surface area contributed by atoms with Crippen LogP contribution < -0.4 is 15.8 Å². The Morgan fingerprint density at radius 3 is 2.94 bits per heavy atom. The smallest absolute Gasteiger partial charge is 0.136 e. The molecule has 0 atom stereocenters. The summed E-state index contributed by atoms with van der Waals surface area (Å²) < 4.78 is 5.28. The number of anilines is 2. The van der Waals surface area contributed by atoms with Crippen molar-refractivity contribution in [1.82, 2.24) is 4.98 Å². The maximum absolute atomic E-state index is 8.82. The molecule has 90 valence electrons. The molecule has 2 aromatic rings. The molecule has 0 fully saturated rings. The van der Waals surface area contributed by atoms with Crippen LogP contribution >= 0.6 is 0 Å². The number of ether oxygens (including phenoxy) is 1. The first-order valence-electron chi connectivity index (χ1n) is 5.34. The van der Waals surface area contributed by atoms with Crippen molar-refractivity contribution in [2.75, 3.05) is 31.3 Å². The molecule has 4 N–H and O–H groups in total. The van der Waals surface area contributed by atoms with Gasteiger partial charge in [0.15, 0.2) is 0 Å². The van der Waals surface area contributed by atoms with Crippen LogP contribution in [0.3, 0.4) is 0 Å². The molecule has 1 aromatic carbocycles. The lowest BCUT2D eigenvalue weighted by Crippen LogP contribution is -2.08. The minimum atomic E-state index is 0.0436. The Kier molecular flexibility index (Phi) is 3.30. The molecular weight excluding hydrogens is 218 g/mol. The van der Waals surface area contributed by atoms with Crippen LogP contribution in [-0.2, 0) is 0 Å². The van der Waals surface area contributed by atoms with Crippen LogP contribution in [0.1, 0.15) is 0 Å². The van der Waals surface area contributed by atoms with Gasteiger partial charge >= 0.3 is 0 Å². The molecule has 0 bridgehead atoms. The minimum absolute atomic E-state index is 0.0436. The summed E-state index contributed by atoms with van der Waals surface area (Å²) in [5.41, 5.74) is 6.59. The van der Waals surface area contributed by atoms with Crippen LogP contribution in [0.15, 0.2) is 24.4 Å². The third-order valence-corrected chi connectivity index (χ3v) is 2.54. The summed E-state index contributed by atoms with van der Waals surface area (Å²) >= 11 is 0. The molecule has 0 aliphatic heterocycles. The number of nitrogen functional groups attached to an aromatic ring is 1. The normalized spacial score (nSPS) is 10.5. The zero-order valence-electron chi connectivity index (χ0n) is 9.60. The van der Waals surface area contributed by atoms with Crippen LogP contribution in [0.5, 0.6) is 5.75 Å². The summed E-state index contributed by atoms with van der Waals surface area (Å²) in [4.78, 5) is 4.22. The Hall–Kier alpha value is -2.01. The highest BCUT2D eigenvalue weighted by molar-refractivity contribution is 6.03. The number of rotatable bonds is 4. The van der Waals surface area contributed by atoms with E-state index in [1.54, 1.807) is 19.4 Å². The average molecular weight is 233 g/mol. The number of aliphatic hydroxyl groups excluding tert-OH is 1. The summed E-state index contributed by atoms with van der Waals surface area (Å²) in [6.45, 7) is 0.477. The molecule has 0 aliphatic rings. The van der Waals surface area contributed by atoms with Crippen LogP contribution in [0.25, 0.3) is 10.8 Å². The third-order valence-electron chi connectivity index (χ3n) is 2.54. The van der Waals surface area contributed by atoms with Crippen molar-refractivity contribution in [2.45, 2.75) is 0 Å². The van der Waals surface area contributed by atoms with Gasteiger partial charge in [0.05, 0.1) is 19.1 Å². The molecule has 17 heavy (non-hydrogen) atoms. The Labute approximate surface area is 99.2 Å². The van der Waals surface area contributed by atoms with E-state index >= 15 is 0 Å². The van der Waals surface area contributed by atoms with Crippen LogP contribution in [-0.4, -0.2) is 30.4 Å². The molecule has 0 saturated heterocycles. The number of nitrogens with one attached hydrogen (secondary N) is 1. The first-order valence-corrected chi connectivity index (χ1v) is 5.34. The van der Waals surface area contributed by atoms with E-state index in [2.05, 4.69) is 10.3 Å². The summed E-state index contributed by atoms with van der Waals surface area (Å²) in [5.74, 6) is 1.41. The van der Waals surface area contributed by atoms with E-state index in [-0.39, 0.29) is 6.61 Å². The second-order valence-corrected chi connectivity index (χ2v) is 3.59. The van der Waals surface area contributed by atoms with Gasteiger partial charge in [-0.05, 0) is 18.2 Å². The van der Waals surface area contributed by atoms with E-state index in [9.17, 15) is 0 Å². The third kappa shape index (κ3) is 2.09. The highest BCUT2D eigenvalue weighted by Crippen LogP contribution is 2.33. The molecule has 0 saturated carbocycles. The summed E-state index contributed by atoms with van der Waals surface area (Å²) in [5, 5.41) is 13.6. The van der Waals surface area contributed by atoms with E-state index in [4.69, 9.17) is 15.6 Å². The summed E-state index contributed by atoms with van der Waals surface area (Å²) in [6, 6.07) is 5.47. The van der Waals surface area contributed by atoms with Crippen molar-refractivity contribution < 1.29 is 9.84 Å². The predicted molar refractivity (Wildman–Crippen MR) is 68.3 cm³/mol. The van der Waals surface area contributed by atoms with Gasteiger partial charge in [-0.25, -0.2) is 4.98 Å². The van der Waals surface area contributed by atoms with Crippen molar-refractivity contribution in [3.05, 3.63) is 24.4 Å². The number of benzene rings is 1. The number of hydrogen-bond donors (Lipinski definition) is 3. The van der Waals surface area contributed by atoms with E-state index in [0.717, 1.165) is 16.5 Å². The second kappa shape index (κ2) is 4.88. The number of nitrogens with zero attached hydrogens (tertiary/aromatic N) is 1. The summed E-state index contributed by atoms with van der Waals surface area (Å²) in [6.07, 6.45) is 1.68. The van der Waals surface area contributed by atoms with Crippen molar-refractivity contribution >= 4 is 22.3 Å². The van der Waals surface area contributed by atoms with E-state index in [1.165, 1.54) is 0 Å². The van der Waals surface area contributed by atoms with Crippen molar-refractivity contribution in [2.24, 2.45) is 0 Å². The van der Waals surface area contributed by atoms with Crippen LogP contribution in [0, 0.1) is 0 Å². The number of aliphatic hydroxyl groups is 1. The van der Waals surface area contributed by atoms with Gasteiger partial charge < -0.3 is 20.9 Å². The Bertz CT molecular complexity index is 528. The largest absolute Gasteiger partial charge is 0.496 e. The maximum atomic E-state index is 8.82. The van der Waals surface area contributed by atoms with Crippen molar-refractivity contribution in [3.8, 4) is 5.75 Å². The zero-order valence-corrected chi connectivity index (χ0v) is 9.60. The van der Waals surface area contributed by atoms with Crippen LogP contribution in [0.2, 0.25) is 0 Å². The van der Waals surface area contributed by atoms with E-state index < -0.39 is 0 Å². The fraction of sp³-hybridized carbons (Fsp3) is 0.250. The molecule has 0 radical (unpaired) electrons. The quantitative estimate of drug-likeness (QED) is 0.692. The van der Waals surface area contributed by atoms with Crippen molar-refractivity contribution in [1.29, 1.82) is 0 Å². The number of methoxy groups -OCH3 is 1. The molecular formula is C12H15N3O2. The lowest BCUT2D eigenvalue weighted by Gasteiger charge is -2.12. The highest BCUT2D eigenvalue weighted by atomic mass is 16.5. The standard InChI is InChI=1S/C12H15N3O2/c1-17-10-3-2-9(13)11-8(10)4-5-14-12(11)15-6-7-16/h2-5,16H,6-7,13H2,1H3,(H,14,15). The monoisotopic (exact) mass is 233 g/mol. The van der Waals surface area contributed by atoms with Gasteiger partial charge in [0.2, 0.25) is 0 Å². The Morgan fingerprint density at radius 1 is 1.41 bits per heavy atom. The average Bonchev–Trinajstić information content (AvgIpc) is 2.36.